The summed E-state index contributed by atoms with van der Waals surface area (Å²) < 4.78 is 10.6. The fourth-order valence-corrected chi connectivity index (χ4v) is 2.64. The van der Waals surface area contributed by atoms with E-state index in [9.17, 15) is 4.79 Å². The van der Waals surface area contributed by atoms with Gasteiger partial charge in [0.25, 0.3) is 5.91 Å². The lowest BCUT2D eigenvalue weighted by atomic mass is 10.1. The number of anilines is 1. The van der Waals surface area contributed by atoms with Gasteiger partial charge in [0.2, 0.25) is 6.79 Å². The minimum atomic E-state index is -0.204. The van der Waals surface area contributed by atoms with Crippen LogP contribution in [-0.2, 0) is 0 Å². The third-order valence-corrected chi connectivity index (χ3v) is 3.86. The highest BCUT2D eigenvalue weighted by molar-refractivity contribution is 6.09. The zero-order valence-electron chi connectivity index (χ0n) is 12.5. The first kappa shape index (κ1) is 13.6. The summed E-state index contributed by atoms with van der Waals surface area (Å²) in [6, 6.07) is 13.0. The molecule has 1 aromatic heterocycles. The fourth-order valence-electron chi connectivity index (χ4n) is 2.64. The van der Waals surface area contributed by atoms with Crippen molar-refractivity contribution in [3.8, 4) is 11.5 Å². The van der Waals surface area contributed by atoms with Crippen molar-refractivity contribution < 1.29 is 14.3 Å². The second-order valence-electron chi connectivity index (χ2n) is 5.33. The molecule has 0 bridgehead atoms. The lowest BCUT2D eigenvalue weighted by Crippen LogP contribution is -2.13. The third kappa shape index (κ3) is 2.36. The second-order valence-corrected chi connectivity index (χ2v) is 5.33. The van der Waals surface area contributed by atoms with Crippen molar-refractivity contribution in [2.45, 2.75) is 6.92 Å². The molecular formula is C18H14N2O3. The highest BCUT2D eigenvalue weighted by Gasteiger charge is 2.17. The van der Waals surface area contributed by atoms with E-state index in [-0.39, 0.29) is 12.7 Å². The van der Waals surface area contributed by atoms with Crippen LogP contribution in [0.4, 0.5) is 5.69 Å². The number of carbonyl (C=O) groups excluding carboxylic acids is 1. The molecule has 0 saturated carbocycles. The molecule has 0 atom stereocenters. The molecule has 5 heteroatoms. The van der Waals surface area contributed by atoms with Gasteiger partial charge in [0, 0.05) is 22.5 Å². The summed E-state index contributed by atoms with van der Waals surface area (Å²) in [6.07, 6.45) is 1.81. The maximum Gasteiger partial charge on any atom is 0.255 e. The largest absolute Gasteiger partial charge is 0.454 e. The predicted octanol–water partition coefficient (Wildman–Crippen LogP) is 3.52. The van der Waals surface area contributed by atoms with Gasteiger partial charge in [0.05, 0.1) is 11.4 Å². The van der Waals surface area contributed by atoms with Gasteiger partial charge < -0.3 is 14.8 Å². The summed E-state index contributed by atoms with van der Waals surface area (Å²) in [7, 11) is 0. The Morgan fingerprint density at radius 1 is 1.13 bits per heavy atom. The normalized spacial score (nSPS) is 12.4. The van der Waals surface area contributed by atoms with E-state index in [1.165, 1.54) is 0 Å². The van der Waals surface area contributed by atoms with Crippen LogP contribution in [0.2, 0.25) is 0 Å². The van der Waals surface area contributed by atoms with Gasteiger partial charge in [0.15, 0.2) is 11.5 Å². The quantitative estimate of drug-likeness (QED) is 0.787. The van der Waals surface area contributed by atoms with Crippen molar-refractivity contribution in [2.24, 2.45) is 0 Å². The number of carbonyl (C=O) groups is 1. The summed E-state index contributed by atoms with van der Waals surface area (Å²) in [5.41, 5.74) is 2.02. The molecule has 0 fully saturated rings. The molecule has 2 aromatic carbocycles. The minimum absolute atomic E-state index is 0.187. The number of aryl methyl sites for hydroxylation is 1. The molecule has 23 heavy (non-hydrogen) atoms. The maximum atomic E-state index is 12.6. The highest BCUT2D eigenvalue weighted by Crippen LogP contribution is 2.33. The SMILES string of the molecule is Cc1ncc2ccccc2c1NC(=O)c1ccc2c(c1)OCO2. The van der Waals surface area contributed by atoms with Crippen LogP contribution in [0.5, 0.6) is 11.5 Å². The molecule has 0 saturated heterocycles. The number of pyridine rings is 1. The van der Waals surface area contributed by atoms with E-state index in [4.69, 9.17) is 9.47 Å². The Morgan fingerprint density at radius 2 is 1.96 bits per heavy atom. The van der Waals surface area contributed by atoms with Crippen LogP contribution in [0, 0.1) is 6.92 Å². The van der Waals surface area contributed by atoms with Crippen molar-refractivity contribution in [3.63, 3.8) is 0 Å². The number of aromatic nitrogens is 1. The van der Waals surface area contributed by atoms with Crippen LogP contribution in [-0.4, -0.2) is 17.7 Å². The van der Waals surface area contributed by atoms with E-state index in [1.54, 1.807) is 24.4 Å². The first-order valence-electron chi connectivity index (χ1n) is 7.28. The summed E-state index contributed by atoms with van der Waals surface area (Å²) in [4.78, 5) is 16.9. The molecule has 1 aliphatic heterocycles. The van der Waals surface area contributed by atoms with Crippen LogP contribution in [0.15, 0.2) is 48.7 Å². The van der Waals surface area contributed by atoms with Gasteiger partial charge in [0.1, 0.15) is 0 Å². The number of nitrogens with one attached hydrogen (secondary N) is 1. The Bertz CT molecular complexity index is 921. The average Bonchev–Trinajstić information content (AvgIpc) is 3.05. The number of fused-ring (bicyclic) bond motifs is 2. The molecule has 4 rings (SSSR count). The zero-order valence-corrected chi connectivity index (χ0v) is 12.5. The Labute approximate surface area is 132 Å². The molecule has 1 N–H and O–H groups in total. The number of amides is 1. The van der Waals surface area contributed by atoms with Gasteiger partial charge >= 0.3 is 0 Å². The smallest absolute Gasteiger partial charge is 0.255 e. The summed E-state index contributed by atoms with van der Waals surface area (Å²) in [5.74, 6) is 1.04. The van der Waals surface area contributed by atoms with E-state index in [2.05, 4.69) is 10.3 Å². The van der Waals surface area contributed by atoms with Crippen molar-refractivity contribution in [1.29, 1.82) is 0 Å². The number of ether oxygens (including phenoxy) is 2. The van der Waals surface area contributed by atoms with Gasteiger partial charge in [-0.2, -0.15) is 0 Å². The number of hydrogen-bond acceptors (Lipinski definition) is 4. The number of nitrogens with zero attached hydrogens (tertiary/aromatic N) is 1. The molecule has 1 amide bonds. The van der Waals surface area contributed by atoms with Gasteiger partial charge in [-0.05, 0) is 25.1 Å². The lowest BCUT2D eigenvalue weighted by molar-refractivity contribution is 0.102. The first-order chi connectivity index (χ1) is 11.2. The molecule has 2 heterocycles. The van der Waals surface area contributed by atoms with E-state index in [0.717, 1.165) is 22.2 Å². The molecule has 0 spiro atoms. The van der Waals surface area contributed by atoms with Gasteiger partial charge in [-0.3, -0.25) is 9.78 Å². The lowest BCUT2D eigenvalue weighted by Gasteiger charge is -2.11. The Morgan fingerprint density at radius 3 is 2.87 bits per heavy atom. The molecule has 0 aliphatic carbocycles. The number of benzene rings is 2. The van der Waals surface area contributed by atoms with Gasteiger partial charge in [-0.1, -0.05) is 24.3 Å². The van der Waals surface area contributed by atoms with Crippen LogP contribution < -0.4 is 14.8 Å². The molecule has 114 valence electrons. The zero-order chi connectivity index (χ0) is 15.8. The van der Waals surface area contributed by atoms with Crippen molar-refractivity contribution in [1.82, 2.24) is 4.98 Å². The van der Waals surface area contributed by atoms with Crippen LogP contribution in [0.3, 0.4) is 0 Å². The van der Waals surface area contributed by atoms with Crippen molar-refractivity contribution in [2.75, 3.05) is 12.1 Å². The van der Waals surface area contributed by atoms with E-state index >= 15 is 0 Å². The predicted molar refractivity (Wildman–Crippen MR) is 87.0 cm³/mol. The van der Waals surface area contributed by atoms with E-state index < -0.39 is 0 Å². The summed E-state index contributed by atoms with van der Waals surface area (Å²) >= 11 is 0. The van der Waals surface area contributed by atoms with Crippen LogP contribution in [0.1, 0.15) is 16.1 Å². The number of rotatable bonds is 2. The van der Waals surface area contributed by atoms with E-state index in [0.29, 0.717) is 17.1 Å². The minimum Gasteiger partial charge on any atom is -0.454 e. The molecule has 0 radical (unpaired) electrons. The standard InChI is InChI=1S/C18H14N2O3/c1-11-17(14-5-3-2-4-13(14)9-19-11)20-18(21)12-6-7-15-16(8-12)23-10-22-15/h2-9H,10H2,1H3,(H,20,21). The van der Waals surface area contributed by atoms with Crippen LogP contribution >= 0.6 is 0 Å². The van der Waals surface area contributed by atoms with Gasteiger partial charge in [-0.25, -0.2) is 0 Å². The van der Waals surface area contributed by atoms with Gasteiger partial charge in [-0.15, -0.1) is 0 Å². The monoisotopic (exact) mass is 306 g/mol. The maximum absolute atomic E-state index is 12.6. The summed E-state index contributed by atoms with van der Waals surface area (Å²) in [6.45, 7) is 2.06. The molecular weight excluding hydrogens is 292 g/mol. The average molecular weight is 306 g/mol. The Balaban J connectivity index is 1.70. The topological polar surface area (TPSA) is 60.5 Å². The Hall–Kier alpha value is -3.08. The third-order valence-electron chi connectivity index (χ3n) is 3.86. The fraction of sp³-hybridized carbons (Fsp3) is 0.111. The van der Waals surface area contributed by atoms with Crippen molar-refractivity contribution in [3.05, 3.63) is 59.9 Å². The molecule has 3 aromatic rings. The highest BCUT2D eigenvalue weighted by atomic mass is 16.7. The molecule has 1 aliphatic rings. The number of hydrogen-bond donors (Lipinski definition) is 1. The second kappa shape index (κ2) is 5.28. The van der Waals surface area contributed by atoms with Crippen LogP contribution in [0.25, 0.3) is 10.8 Å². The first-order valence-corrected chi connectivity index (χ1v) is 7.28. The Kier molecular flexibility index (Phi) is 3.12. The summed E-state index contributed by atoms with van der Waals surface area (Å²) in [5, 5.41) is 4.91. The van der Waals surface area contributed by atoms with E-state index in [1.807, 2.05) is 31.2 Å². The van der Waals surface area contributed by atoms with Crippen molar-refractivity contribution >= 4 is 22.4 Å². The molecule has 5 nitrogen and oxygen atoms in total. The molecule has 0 unspecified atom stereocenters.